The van der Waals surface area contributed by atoms with Crippen molar-refractivity contribution >= 4 is 50.8 Å². The minimum Gasteiger partial charge on any atom is -0.497 e. The predicted octanol–water partition coefficient (Wildman–Crippen LogP) is 4.97. The zero-order valence-electron chi connectivity index (χ0n) is 25.7. The van der Waals surface area contributed by atoms with E-state index in [0.29, 0.717) is 95.9 Å². The van der Waals surface area contributed by atoms with Gasteiger partial charge in [0.25, 0.3) is 5.56 Å². The number of pyridine rings is 1. The van der Waals surface area contributed by atoms with Crippen molar-refractivity contribution in [3.63, 3.8) is 0 Å². The third kappa shape index (κ3) is 7.80. The fourth-order valence-corrected chi connectivity index (χ4v) is 6.78. The largest absolute Gasteiger partial charge is 0.497 e. The van der Waals surface area contributed by atoms with Gasteiger partial charge in [0.1, 0.15) is 17.1 Å². The molecule has 0 aliphatic carbocycles. The molecule has 1 amide bonds. The van der Waals surface area contributed by atoms with Crippen LogP contribution in [-0.4, -0.2) is 86.4 Å². The number of hydrogen-bond acceptors (Lipinski definition) is 10. The Morgan fingerprint density at radius 2 is 1.83 bits per heavy atom. The van der Waals surface area contributed by atoms with Gasteiger partial charge in [-0.1, -0.05) is 30.3 Å². The summed E-state index contributed by atoms with van der Waals surface area (Å²) in [5.74, 6) is 1.69. The van der Waals surface area contributed by atoms with Crippen LogP contribution >= 0.6 is 22.2 Å². The van der Waals surface area contributed by atoms with Crippen LogP contribution in [0.5, 0.6) is 11.5 Å². The zero-order valence-corrected chi connectivity index (χ0v) is 27.2. The van der Waals surface area contributed by atoms with Gasteiger partial charge in [0.05, 0.1) is 30.7 Å². The van der Waals surface area contributed by atoms with Crippen molar-refractivity contribution in [3.05, 3.63) is 82.3 Å². The van der Waals surface area contributed by atoms with Crippen molar-refractivity contribution < 1.29 is 23.4 Å². The topological polar surface area (TPSA) is 151 Å². The van der Waals surface area contributed by atoms with E-state index >= 15 is 0 Å². The van der Waals surface area contributed by atoms with Gasteiger partial charge in [-0.2, -0.15) is 15.6 Å². The highest BCUT2D eigenvalue weighted by Crippen LogP contribution is 2.40. The number of methoxy groups -OCH3 is 2. The summed E-state index contributed by atoms with van der Waals surface area (Å²) in [6.45, 7) is 6.23. The van der Waals surface area contributed by atoms with Crippen LogP contribution in [-0.2, 0) is 17.8 Å². The van der Waals surface area contributed by atoms with E-state index in [0.717, 1.165) is 5.56 Å². The van der Waals surface area contributed by atoms with Crippen LogP contribution in [0.3, 0.4) is 0 Å². The lowest BCUT2D eigenvalue weighted by Crippen LogP contribution is -2.40. The molecule has 0 saturated carbocycles. The van der Waals surface area contributed by atoms with Gasteiger partial charge in [-0.3, -0.25) is 28.2 Å². The van der Waals surface area contributed by atoms with E-state index in [1.54, 1.807) is 41.1 Å². The molecule has 244 valence electrons. The molecular weight excluding hydrogens is 632 g/mol. The van der Waals surface area contributed by atoms with Crippen LogP contribution in [0.15, 0.2) is 66.1 Å². The van der Waals surface area contributed by atoms with Crippen molar-refractivity contribution in [2.24, 2.45) is 0 Å². The number of aromatic nitrogens is 3. The molecule has 14 heteroatoms. The predicted molar refractivity (Wildman–Crippen MR) is 184 cm³/mol. The molecule has 5 rings (SSSR count). The first-order valence-electron chi connectivity index (χ1n) is 14.7. The van der Waals surface area contributed by atoms with E-state index in [4.69, 9.17) is 26.1 Å². The summed E-state index contributed by atoms with van der Waals surface area (Å²) in [4.78, 5) is 37.3. The Bertz CT molecular complexity index is 1790. The van der Waals surface area contributed by atoms with Gasteiger partial charge >= 0.3 is 0 Å². The van der Waals surface area contributed by atoms with E-state index in [9.17, 15) is 18.7 Å². The summed E-state index contributed by atoms with van der Waals surface area (Å²) in [7, 11) is 0.571. The number of anilines is 2. The molecule has 1 aliphatic rings. The summed E-state index contributed by atoms with van der Waals surface area (Å²) >= 11 is 6.71. The normalized spacial score (nSPS) is 15.2. The molecule has 0 spiro atoms. The molecule has 0 radical (unpaired) electrons. The Kier molecular flexibility index (Phi) is 10.5. The third-order valence-electron chi connectivity index (χ3n) is 7.80. The summed E-state index contributed by atoms with van der Waals surface area (Å²) in [5.41, 5.74) is 2.56. The molecule has 4 N–H and O–H groups in total. The van der Waals surface area contributed by atoms with Gasteiger partial charge in [-0.25, -0.2) is 4.98 Å². The van der Waals surface area contributed by atoms with Gasteiger partial charge in [-0.15, -0.1) is 0 Å². The first kappa shape index (κ1) is 33.2. The molecule has 1 saturated heterocycles. The Morgan fingerprint density at radius 1 is 1.09 bits per heavy atom. The summed E-state index contributed by atoms with van der Waals surface area (Å²) in [5, 5.41) is 6.89. The van der Waals surface area contributed by atoms with Crippen molar-refractivity contribution in [1.82, 2.24) is 19.4 Å². The average molecular weight is 669 g/mol. The number of hydrogen-bond donors (Lipinski definition) is 4. The quantitative estimate of drug-likeness (QED) is 0.152. The number of benzene rings is 2. The third-order valence-corrected chi connectivity index (χ3v) is 9.86. The van der Waals surface area contributed by atoms with E-state index in [1.807, 2.05) is 12.1 Å². The molecule has 0 unspecified atom stereocenters. The molecule has 0 bridgehead atoms. The highest BCUT2D eigenvalue weighted by atomic mass is 35.5. The average Bonchev–Trinajstić information content (AvgIpc) is 3.05. The Morgan fingerprint density at radius 3 is 2.50 bits per heavy atom. The maximum atomic E-state index is 14.2. The lowest BCUT2D eigenvalue weighted by atomic mass is 10.0. The van der Waals surface area contributed by atoms with Crippen LogP contribution in [0.25, 0.3) is 22.2 Å². The van der Waals surface area contributed by atoms with Gasteiger partial charge in [-0.05, 0) is 42.3 Å². The molecule has 0 atom stereocenters. The number of rotatable bonds is 12. The van der Waals surface area contributed by atoms with Crippen LogP contribution in [0.1, 0.15) is 5.56 Å². The standard InChI is InChI=1S/C32H37ClN6O6S/c1-4-28(40)36-23-7-5-21(6-8-23)9-11-39-30-22(17-26(31(39)41)25-18-24(44-2)19-27(45-3)29(25)33)20-35-32(37-30)34-10-12-38-13-15-46(42,43)16-14-38/h4-8,17-20,42-43H,1,9-16H2,2-3H3,(H,36,40)(H,34,35,37). The Balaban J connectivity index is 1.47. The number of amides is 1. The maximum Gasteiger partial charge on any atom is 0.260 e. The monoisotopic (exact) mass is 668 g/mol. The van der Waals surface area contributed by atoms with Crippen LogP contribution in [0.2, 0.25) is 5.02 Å². The van der Waals surface area contributed by atoms with Crippen molar-refractivity contribution in [2.75, 3.05) is 62.5 Å². The second-order valence-electron chi connectivity index (χ2n) is 10.8. The summed E-state index contributed by atoms with van der Waals surface area (Å²) < 4.78 is 32.3. The molecule has 4 aromatic rings. The molecule has 1 fully saturated rings. The molecule has 2 aromatic heterocycles. The van der Waals surface area contributed by atoms with E-state index < -0.39 is 10.6 Å². The van der Waals surface area contributed by atoms with E-state index in [2.05, 4.69) is 27.1 Å². The van der Waals surface area contributed by atoms with Crippen LogP contribution in [0.4, 0.5) is 11.6 Å². The lowest BCUT2D eigenvalue weighted by molar-refractivity contribution is -0.111. The van der Waals surface area contributed by atoms with Gasteiger partial charge in [0.2, 0.25) is 11.9 Å². The van der Waals surface area contributed by atoms with Crippen molar-refractivity contribution in [1.29, 1.82) is 0 Å². The van der Waals surface area contributed by atoms with E-state index in [1.165, 1.54) is 20.3 Å². The zero-order chi connectivity index (χ0) is 32.8. The van der Waals surface area contributed by atoms with Crippen molar-refractivity contribution in [3.8, 4) is 22.6 Å². The Hall–Kier alpha value is -4.14. The number of carbonyl (C=O) groups is 1. The minimum atomic E-state index is -2.46. The van der Waals surface area contributed by atoms with Crippen LogP contribution in [0, 0.1) is 0 Å². The van der Waals surface area contributed by atoms with Crippen LogP contribution < -0.4 is 25.7 Å². The molecule has 46 heavy (non-hydrogen) atoms. The van der Waals surface area contributed by atoms with E-state index in [-0.39, 0.29) is 16.5 Å². The Labute approximate surface area is 273 Å². The molecule has 2 aromatic carbocycles. The van der Waals surface area contributed by atoms with Gasteiger partial charge in [0.15, 0.2) is 0 Å². The highest BCUT2D eigenvalue weighted by molar-refractivity contribution is 8.24. The number of aryl methyl sites for hydroxylation is 2. The smallest absolute Gasteiger partial charge is 0.260 e. The molecule has 1 aliphatic heterocycles. The SMILES string of the molecule is C=CC(=O)Nc1ccc(CCn2c(=O)c(-c3cc(OC)cc(OC)c3Cl)cc3cnc(NCCN4CCS(O)(O)CC4)nc32)cc1. The second kappa shape index (κ2) is 14.5. The molecule has 12 nitrogen and oxygen atoms in total. The fraction of sp³-hybridized carbons (Fsp3) is 0.312. The molecule has 3 heterocycles. The number of nitrogens with one attached hydrogen (secondary N) is 2. The number of halogens is 1. The van der Waals surface area contributed by atoms with Gasteiger partial charge in [0, 0.05) is 67.2 Å². The minimum absolute atomic E-state index is 0.279. The molecular formula is C32H37ClN6O6S. The summed E-state index contributed by atoms with van der Waals surface area (Å²) in [6, 6.07) is 12.5. The summed E-state index contributed by atoms with van der Waals surface area (Å²) in [6.07, 6.45) is 3.38. The highest BCUT2D eigenvalue weighted by Gasteiger charge is 2.22. The van der Waals surface area contributed by atoms with Gasteiger partial charge < -0.3 is 20.1 Å². The lowest BCUT2D eigenvalue weighted by Gasteiger charge is -2.40. The number of carbonyl (C=O) groups excluding carboxylic acids is 1. The number of ether oxygens (including phenoxy) is 2. The first-order valence-corrected chi connectivity index (χ1v) is 16.9. The second-order valence-corrected chi connectivity index (χ2v) is 13.6. The van der Waals surface area contributed by atoms with Crippen molar-refractivity contribution in [2.45, 2.75) is 13.0 Å². The fourth-order valence-electron chi connectivity index (χ4n) is 5.18. The number of fused-ring (bicyclic) bond motifs is 1. The number of nitrogens with zero attached hydrogens (tertiary/aromatic N) is 4. The maximum absolute atomic E-state index is 14.2. The first-order chi connectivity index (χ1) is 22.1.